The molecule has 0 N–H and O–H groups in total. The van der Waals surface area contributed by atoms with Gasteiger partial charge in [0.15, 0.2) is 0 Å². The van der Waals surface area contributed by atoms with E-state index >= 15 is 0 Å². The highest BCUT2D eigenvalue weighted by atomic mass is 19.1. The first-order valence-electron chi connectivity index (χ1n) is 8.68. The molecule has 0 bridgehead atoms. The first-order valence-corrected chi connectivity index (χ1v) is 8.68. The zero-order chi connectivity index (χ0) is 19.1. The molecule has 0 atom stereocenters. The lowest BCUT2D eigenvalue weighted by Crippen LogP contribution is -2.12. The Bertz CT molecular complexity index is 901. The highest BCUT2D eigenvalue weighted by Gasteiger charge is 2.11. The summed E-state index contributed by atoms with van der Waals surface area (Å²) in [4.78, 5) is 24.2. The van der Waals surface area contributed by atoms with Gasteiger partial charge in [0.2, 0.25) is 0 Å². The van der Waals surface area contributed by atoms with E-state index < -0.39 is 0 Å². The highest BCUT2D eigenvalue weighted by molar-refractivity contribution is 6.00. The fraction of sp³-hybridized carbons (Fsp3) is 0.130. The Morgan fingerprint density at radius 2 is 1.15 bits per heavy atom. The van der Waals surface area contributed by atoms with E-state index in [4.69, 9.17) is 4.74 Å². The van der Waals surface area contributed by atoms with Gasteiger partial charge in [0.1, 0.15) is 28.9 Å². The van der Waals surface area contributed by atoms with Crippen LogP contribution in [0.2, 0.25) is 0 Å². The van der Waals surface area contributed by atoms with Crippen molar-refractivity contribution in [2.24, 2.45) is 0 Å². The van der Waals surface area contributed by atoms with Crippen molar-refractivity contribution in [3.05, 3.63) is 95.8 Å². The average Bonchev–Trinajstić information content (AvgIpc) is 2.66. The molecular weight excluding hydrogens is 343 g/mol. The lowest BCUT2D eigenvalue weighted by Gasteiger charge is -2.06. The predicted molar refractivity (Wildman–Crippen MR) is 101 cm³/mol. The summed E-state index contributed by atoms with van der Waals surface area (Å²) in [5.74, 6) is 0.772. The van der Waals surface area contributed by atoms with Crippen LogP contribution in [0.4, 0.5) is 4.39 Å². The van der Waals surface area contributed by atoms with E-state index in [1.54, 1.807) is 24.3 Å². The van der Waals surface area contributed by atoms with Gasteiger partial charge in [-0.1, -0.05) is 42.5 Å². The van der Waals surface area contributed by atoms with E-state index in [0.29, 0.717) is 11.3 Å². The predicted octanol–water partition coefficient (Wildman–Crippen LogP) is 4.93. The number of halogens is 1. The first-order chi connectivity index (χ1) is 13.1. The Morgan fingerprint density at radius 3 is 1.70 bits per heavy atom. The zero-order valence-electron chi connectivity index (χ0n) is 14.7. The van der Waals surface area contributed by atoms with E-state index in [1.807, 2.05) is 42.5 Å². The molecular formula is C23H19FO3. The number of rotatable bonds is 8. The van der Waals surface area contributed by atoms with Crippen molar-refractivity contribution in [2.75, 3.05) is 0 Å². The van der Waals surface area contributed by atoms with Gasteiger partial charge in [-0.2, -0.15) is 0 Å². The van der Waals surface area contributed by atoms with Gasteiger partial charge in [-0.05, 0) is 47.5 Å². The number of ether oxygens (including phenoxy) is 1. The minimum Gasteiger partial charge on any atom is -0.457 e. The molecule has 0 heterocycles. The molecule has 0 amide bonds. The van der Waals surface area contributed by atoms with E-state index in [2.05, 4.69) is 0 Å². The third-order valence-electron chi connectivity index (χ3n) is 4.01. The minimum absolute atomic E-state index is 0.125. The topological polar surface area (TPSA) is 43.4 Å². The van der Waals surface area contributed by atoms with Crippen molar-refractivity contribution in [1.82, 2.24) is 0 Å². The first kappa shape index (κ1) is 18.5. The lowest BCUT2D eigenvalue weighted by atomic mass is 10.0. The standard InChI is InChI=1S/C23H19FO3/c24-19-10-6-17(7-11-19)14-20(25)16-21(26)15-18-8-12-23(13-9-18)27-22-4-2-1-3-5-22/h1-13H,14-16H2. The summed E-state index contributed by atoms with van der Waals surface area (Å²) < 4.78 is 18.6. The summed E-state index contributed by atoms with van der Waals surface area (Å²) in [5, 5.41) is 0. The summed E-state index contributed by atoms with van der Waals surface area (Å²) in [5.41, 5.74) is 1.53. The van der Waals surface area contributed by atoms with Crippen LogP contribution in [0.5, 0.6) is 11.5 Å². The van der Waals surface area contributed by atoms with Gasteiger partial charge in [0, 0.05) is 12.8 Å². The van der Waals surface area contributed by atoms with Crippen LogP contribution in [0.3, 0.4) is 0 Å². The molecule has 4 heteroatoms. The molecule has 136 valence electrons. The van der Waals surface area contributed by atoms with Gasteiger partial charge in [-0.3, -0.25) is 9.59 Å². The van der Waals surface area contributed by atoms with Gasteiger partial charge in [0.25, 0.3) is 0 Å². The summed E-state index contributed by atoms with van der Waals surface area (Å²) in [6.45, 7) is 0. The maximum atomic E-state index is 12.9. The number of hydrogen-bond donors (Lipinski definition) is 0. The minimum atomic E-state index is -0.345. The molecule has 27 heavy (non-hydrogen) atoms. The van der Waals surface area contributed by atoms with Crippen LogP contribution in [-0.2, 0) is 22.4 Å². The average molecular weight is 362 g/mol. The fourth-order valence-corrected chi connectivity index (χ4v) is 2.70. The van der Waals surface area contributed by atoms with Gasteiger partial charge in [-0.25, -0.2) is 4.39 Å². The van der Waals surface area contributed by atoms with Gasteiger partial charge < -0.3 is 4.74 Å². The molecule has 3 aromatic carbocycles. The van der Waals surface area contributed by atoms with Gasteiger partial charge in [-0.15, -0.1) is 0 Å². The number of hydrogen-bond acceptors (Lipinski definition) is 3. The zero-order valence-corrected chi connectivity index (χ0v) is 14.7. The molecule has 0 saturated carbocycles. The molecule has 0 radical (unpaired) electrons. The molecule has 0 aliphatic carbocycles. The van der Waals surface area contributed by atoms with Crippen LogP contribution < -0.4 is 4.74 Å². The van der Waals surface area contributed by atoms with Crippen LogP contribution in [0, 0.1) is 5.82 Å². The number of ketones is 2. The van der Waals surface area contributed by atoms with Crippen molar-refractivity contribution in [3.8, 4) is 11.5 Å². The smallest absolute Gasteiger partial charge is 0.144 e. The van der Waals surface area contributed by atoms with E-state index in [-0.39, 0.29) is 36.6 Å². The maximum absolute atomic E-state index is 12.9. The van der Waals surface area contributed by atoms with Crippen LogP contribution in [0.1, 0.15) is 17.5 Å². The number of carbonyl (C=O) groups is 2. The van der Waals surface area contributed by atoms with Crippen LogP contribution in [0.15, 0.2) is 78.9 Å². The maximum Gasteiger partial charge on any atom is 0.144 e. The number of Topliss-reactive ketones (excluding diaryl/α,β-unsaturated/α-hetero) is 2. The molecule has 3 rings (SSSR count). The Balaban J connectivity index is 1.50. The van der Waals surface area contributed by atoms with Gasteiger partial charge >= 0.3 is 0 Å². The van der Waals surface area contributed by atoms with E-state index in [9.17, 15) is 14.0 Å². The summed E-state index contributed by atoms with van der Waals surface area (Å²) >= 11 is 0. The lowest BCUT2D eigenvalue weighted by molar-refractivity contribution is -0.126. The highest BCUT2D eigenvalue weighted by Crippen LogP contribution is 2.21. The van der Waals surface area contributed by atoms with Crippen LogP contribution in [0.25, 0.3) is 0 Å². The molecule has 0 aromatic heterocycles. The Labute approximate surface area is 157 Å². The normalized spacial score (nSPS) is 10.4. The third kappa shape index (κ3) is 5.89. The summed E-state index contributed by atoms with van der Waals surface area (Å²) in [7, 11) is 0. The fourth-order valence-electron chi connectivity index (χ4n) is 2.70. The molecule has 0 unspecified atom stereocenters. The Morgan fingerprint density at radius 1 is 0.667 bits per heavy atom. The molecule has 0 aliphatic heterocycles. The SMILES string of the molecule is O=C(CC(=O)Cc1ccc(Oc2ccccc2)cc1)Cc1ccc(F)cc1. The second kappa shape index (κ2) is 8.90. The number of benzene rings is 3. The monoisotopic (exact) mass is 362 g/mol. The molecule has 3 nitrogen and oxygen atoms in total. The Hall–Kier alpha value is -3.27. The molecule has 0 saturated heterocycles. The van der Waals surface area contributed by atoms with Crippen LogP contribution in [-0.4, -0.2) is 11.6 Å². The molecule has 0 aliphatic rings. The summed E-state index contributed by atoms with van der Waals surface area (Å²) in [6.07, 6.45) is 0.205. The molecule has 0 fully saturated rings. The quantitative estimate of drug-likeness (QED) is 0.534. The van der Waals surface area contributed by atoms with Crippen molar-refractivity contribution < 1.29 is 18.7 Å². The second-order valence-electron chi connectivity index (χ2n) is 6.29. The van der Waals surface area contributed by atoms with Crippen LogP contribution >= 0.6 is 0 Å². The van der Waals surface area contributed by atoms with Crippen molar-refractivity contribution in [1.29, 1.82) is 0 Å². The van der Waals surface area contributed by atoms with E-state index in [1.165, 1.54) is 12.1 Å². The third-order valence-corrected chi connectivity index (χ3v) is 4.01. The van der Waals surface area contributed by atoms with E-state index in [0.717, 1.165) is 11.3 Å². The molecule has 3 aromatic rings. The van der Waals surface area contributed by atoms with Gasteiger partial charge in [0.05, 0.1) is 6.42 Å². The Kier molecular flexibility index (Phi) is 6.10. The molecule has 0 spiro atoms. The van der Waals surface area contributed by atoms with Crippen molar-refractivity contribution in [2.45, 2.75) is 19.3 Å². The van der Waals surface area contributed by atoms with Crippen molar-refractivity contribution in [3.63, 3.8) is 0 Å². The summed E-state index contributed by atoms with van der Waals surface area (Å²) in [6, 6.07) is 22.4. The number of carbonyl (C=O) groups excluding carboxylic acids is 2. The second-order valence-corrected chi connectivity index (χ2v) is 6.29. The number of para-hydroxylation sites is 1. The van der Waals surface area contributed by atoms with Crippen molar-refractivity contribution >= 4 is 11.6 Å². The largest absolute Gasteiger partial charge is 0.457 e.